The summed E-state index contributed by atoms with van der Waals surface area (Å²) in [5.74, 6) is 0.462. The van der Waals surface area contributed by atoms with E-state index in [2.05, 4.69) is 15.2 Å². The van der Waals surface area contributed by atoms with Gasteiger partial charge in [-0.3, -0.25) is 9.69 Å². The Hall–Kier alpha value is -2.68. The summed E-state index contributed by atoms with van der Waals surface area (Å²) in [6.45, 7) is 2.98. The molecular weight excluding hydrogens is 324 g/mol. The molecule has 3 heterocycles. The third-order valence-electron chi connectivity index (χ3n) is 4.64. The van der Waals surface area contributed by atoms with E-state index in [-0.39, 0.29) is 16.6 Å². The van der Waals surface area contributed by atoms with Crippen LogP contribution in [0.1, 0.15) is 12.8 Å². The first-order valence-electron chi connectivity index (χ1n) is 8.50. The summed E-state index contributed by atoms with van der Waals surface area (Å²) in [6, 6.07) is 5.69. The van der Waals surface area contributed by atoms with E-state index in [0.717, 1.165) is 12.8 Å². The molecule has 25 heavy (non-hydrogen) atoms. The highest BCUT2D eigenvalue weighted by Crippen LogP contribution is 2.29. The Kier molecular flexibility index (Phi) is 4.00. The monoisotopic (exact) mass is 344 g/mol. The Bertz CT molecular complexity index is 807. The van der Waals surface area contributed by atoms with Gasteiger partial charge in [0.2, 0.25) is 17.4 Å². The van der Waals surface area contributed by atoms with Gasteiger partial charge in [-0.05, 0) is 23.8 Å². The van der Waals surface area contributed by atoms with Crippen LogP contribution < -0.4 is 10.2 Å². The minimum Gasteiger partial charge on any atom is -0.358 e. The number of nitrogens with zero attached hydrogens (tertiary/aromatic N) is 5. The summed E-state index contributed by atoms with van der Waals surface area (Å²) in [6.07, 6.45) is 3.82. The summed E-state index contributed by atoms with van der Waals surface area (Å²) < 4.78 is 1.50. The van der Waals surface area contributed by atoms with Crippen molar-refractivity contribution < 1.29 is 9.72 Å². The van der Waals surface area contributed by atoms with Gasteiger partial charge in [-0.15, -0.1) is 0 Å². The number of amides is 1. The molecule has 0 unspecified atom stereocenters. The number of carbonyl (C=O) groups is 1. The Morgan fingerprint density at radius 2 is 2.04 bits per heavy atom. The van der Waals surface area contributed by atoms with Crippen LogP contribution in [-0.2, 0) is 4.79 Å². The molecule has 2 aliphatic rings. The minimum absolute atomic E-state index is 0.00414. The van der Waals surface area contributed by atoms with Crippen LogP contribution in [0.25, 0.3) is 5.65 Å². The molecular formula is C16H20N6O3. The molecule has 1 N–H and O–H groups in total. The fraction of sp³-hybridized carbons (Fsp3) is 0.500. The third-order valence-corrected chi connectivity index (χ3v) is 4.64. The maximum atomic E-state index is 11.9. The van der Waals surface area contributed by atoms with Gasteiger partial charge in [0.15, 0.2) is 0 Å². The molecule has 0 bridgehead atoms. The van der Waals surface area contributed by atoms with E-state index in [0.29, 0.717) is 50.2 Å². The van der Waals surface area contributed by atoms with E-state index in [1.807, 2.05) is 11.0 Å². The highest BCUT2D eigenvalue weighted by atomic mass is 16.6. The molecule has 1 amide bonds. The van der Waals surface area contributed by atoms with E-state index < -0.39 is 0 Å². The van der Waals surface area contributed by atoms with Gasteiger partial charge in [-0.1, -0.05) is 6.07 Å². The number of pyridine rings is 1. The molecule has 0 radical (unpaired) electrons. The number of piperazine rings is 1. The number of rotatable bonds is 5. The van der Waals surface area contributed by atoms with Crippen molar-refractivity contribution in [2.45, 2.75) is 18.9 Å². The molecule has 4 rings (SSSR count). The van der Waals surface area contributed by atoms with Crippen molar-refractivity contribution in [1.29, 1.82) is 0 Å². The average molecular weight is 344 g/mol. The predicted octanol–water partition coefficient (Wildman–Crippen LogP) is 0.643. The van der Waals surface area contributed by atoms with Crippen LogP contribution in [-0.4, -0.2) is 63.9 Å². The Balaban J connectivity index is 1.45. The second-order valence-electron chi connectivity index (χ2n) is 6.55. The topological polar surface area (TPSA) is 96.0 Å². The van der Waals surface area contributed by atoms with Gasteiger partial charge < -0.3 is 20.3 Å². The number of aromatic nitrogens is 2. The Labute approximate surface area is 144 Å². The molecule has 1 saturated carbocycles. The van der Waals surface area contributed by atoms with E-state index in [4.69, 9.17) is 0 Å². The van der Waals surface area contributed by atoms with Crippen molar-refractivity contribution in [2.24, 2.45) is 0 Å². The summed E-state index contributed by atoms with van der Waals surface area (Å²) in [7, 11) is 0. The van der Waals surface area contributed by atoms with Crippen molar-refractivity contribution in [3.05, 3.63) is 34.5 Å². The van der Waals surface area contributed by atoms with E-state index in [9.17, 15) is 14.9 Å². The zero-order valence-electron chi connectivity index (χ0n) is 13.8. The van der Waals surface area contributed by atoms with Crippen LogP contribution in [0.2, 0.25) is 0 Å². The maximum Gasteiger partial charge on any atom is 0.372 e. The van der Waals surface area contributed by atoms with Crippen LogP contribution in [0.4, 0.5) is 11.6 Å². The summed E-state index contributed by atoms with van der Waals surface area (Å²) >= 11 is 0. The number of imidazole rings is 1. The lowest BCUT2D eigenvalue weighted by Crippen LogP contribution is -2.50. The molecule has 0 spiro atoms. The lowest BCUT2D eigenvalue weighted by molar-refractivity contribution is -0.389. The summed E-state index contributed by atoms with van der Waals surface area (Å²) in [4.78, 5) is 31.5. The molecule has 2 fully saturated rings. The number of hydrogen-bond donors (Lipinski definition) is 1. The van der Waals surface area contributed by atoms with Gasteiger partial charge in [0.25, 0.3) is 0 Å². The van der Waals surface area contributed by atoms with Crippen molar-refractivity contribution in [1.82, 2.24) is 19.6 Å². The fourth-order valence-corrected chi connectivity index (χ4v) is 3.17. The molecule has 2 aromatic rings. The van der Waals surface area contributed by atoms with Crippen LogP contribution in [0.15, 0.2) is 24.4 Å². The zero-order valence-corrected chi connectivity index (χ0v) is 13.8. The van der Waals surface area contributed by atoms with Crippen molar-refractivity contribution in [3.63, 3.8) is 0 Å². The molecule has 132 valence electrons. The van der Waals surface area contributed by atoms with Gasteiger partial charge >= 0.3 is 5.82 Å². The van der Waals surface area contributed by atoms with Crippen LogP contribution in [0.5, 0.6) is 0 Å². The maximum absolute atomic E-state index is 11.9. The van der Waals surface area contributed by atoms with Crippen LogP contribution in [0.3, 0.4) is 0 Å². The first-order chi connectivity index (χ1) is 12.1. The Morgan fingerprint density at radius 3 is 2.72 bits per heavy atom. The van der Waals surface area contributed by atoms with Gasteiger partial charge in [-0.2, -0.15) is 9.38 Å². The van der Waals surface area contributed by atoms with E-state index in [1.54, 1.807) is 18.3 Å². The molecule has 1 saturated heterocycles. The van der Waals surface area contributed by atoms with Crippen LogP contribution in [0, 0.1) is 10.1 Å². The van der Waals surface area contributed by atoms with Crippen molar-refractivity contribution in [3.8, 4) is 0 Å². The molecule has 0 atom stereocenters. The first-order valence-corrected chi connectivity index (χ1v) is 8.50. The van der Waals surface area contributed by atoms with Crippen LogP contribution >= 0.6 is 0 Å². The van der Waals surface area contributed by atoms with E-state index in [1.165, 1.54) is 4.40 Å². The standard InChI is InChI=1S/C16H20N6O3/c23-14(17-12-4-5-12)11-19-7-9-20(10-8-19)15-16(22(24)25)21-6-2-1-3-13(21)18-15/h1-3,6,12H,4-5,7-11H2,(H,17,23). The van der Waals surface area contributed by atoms with Crippen molar-refractivity contribution >= 4 is 23.2 Å². The smallest absolute Gasteiger partial charge is 0.358 e. The number of nitrogens with one attached hydrogen (secondary N) is 1. The lowest BCUT2D eigenvalue weighted by Gasteiger charge is -2.34. The number of carbonyl (C=O) groups excluding carboxylic acids is 1. The highest BCUT2D eigenvalue weighted by Gasteiger charge is 2.30. The second-order valence-corrected chi connectivity index (χ2v) is 6.55. The van der Waals surface area contributed by atoms with Gasteiger partial charge in [0.1, 0.15) is 0 Å². The quantitative estimate of drug-likeness (QED) is 0.632. The normalized spacial score (nSPS) is 18.5. The first kappa shape index (κ1) is 15.8. The second kappa shape index (κ2) is 6.32. The summed E-state index contributed by atoms with van der Waals surface area (Å²) in [5.41, 5.74) is 0.565. The fourth-order valence-electron chi connectivity index (χ4n) is 3.17. The average Bonchev–Trinajstić information content (AvgIpc) is 3.31. The number of hydrogen-bond acceptors (Lipinski definition) is 6. The molecule has 1 aliphatic heterocycles. The van der Waals surface area contributed by atoms with Crippen molar-refractivity contribution in [2.75, 3.05) is 37.6 Å². The van der Waals surface area contributed by atoms with E-state index >= 15 is 0 Å². The third kappa shape index (κ3) is 3.27. The largest absolute Gasteiger partial charge is 0.372 e. The Morgan fingerprint density at radius 1 is 1.28 bits per heavy atom. The lowest BCUT2D eigenvalue weighted by atomic mass is 10.3. The molecule has 1 aliphatic carbocycles. The SMILES string of the molecule is O=C(CN1CCN(c2nc3ccccn3c2[N+](=O)[O-])CC1)NC1CC1. The minimum atomic E-state index is -0.384. The predicted molar refractivity (Wildman–Crippen MR) is 91.7 cm³/mol. The van der Waals surface area contributed by atoms with Gasteiger partial charge in [-0.25, -0.2) is 0 Å². The zero-order chi connectivity index (χ0) is 17.4. The number of nitro groups is 1. The number of anilines is 1. The molecule has 2 aromatic heterocycles. The number of fused-ring (bicyclic) bond motifs is 1. The van der Waals surface area contributed by atoms with Gasteiger partial charge in [0.05, 0.1) is 12.7 Å². The molecule has 9 nitrogen and oxygen atoms in total. The highest BCUT2D eigenvalue weighted by molar-refractivity contribution is 5.78. The summed E-state index contributed by atoms with van der Waals surface area (Å²) in [5, 5.41) is 14.5. The van der Waals surface area contributed by atoms with Gasteiger partial charge in [0, 0.05) is 38.3 Å². The molecule has 0 aromatic carbocycles. The molecule has 9 heteroatoms.